The van der Waals surface area contributed by atoms with Gasteiger partial charge in [-0.15, -0.1) is 0 Å². The van der Waals surface area contributed by atoms with Gasteiger partial charge in [0, 0.05) is 20.1 Å². The number of nitrogens with one attached hydrogen (secondary N) is 1. The number of aryl methyl sites for hydroxylation is 2. The maximum atomic E-state index is 13.4. The lowest BCUT2D eigenvalue weighted by Gasteiger charge is -2.30. The Labute approximate surface area is 199 Å². The van der Waals surface area contributed by atoms with Gasteiger partial charge in [0.1, 0.15) is 17.1 Å². The smallest absolute Gasteiger partial charge is 0.277 e. The Morgan fingerprint density at radius 1 is 1.24 bits per heavy atom. The van der Waals surface area contributed by atoms with Crippen LogP contribution >= 0.6 is 0 Å². The lowest BCUT2D eigenvalue weighted by Crippen LogP contribution is -2.40. The third-order valence-corrected chi connectivity index (χ3v) is 8.19. The normalized spacial score (nSPS) is 15.8. The van der Waals surface area contributed by atoms with Gasteiger partial charge >= 0.3 is 0 Å². The van der Waals surface area contributed by atoms with Crippen molar-refractivity contribution in [3.63, 3.8) is 0 Å². The number of nitrogens with zero attached hydrogens (tertiary/aromatic N) is 4. The van der Waals surface area contributed by atoms with Crippen molar-refractivity contribution in [1.29, 1.82) is 0 Å². The molecule has 3 heterocycles. The zero-order valence-corrected chi connectivity index (χ0v) is 20.7. The van der Waals surface area contributed by atoms with Crippen LogP contribution in [0.15, 0.2) is 27.9 Å². The molecule has 1 aliphatic heterocycles. The van der Waals surface area contributed by atoms with Gasteiger partial charge in [-0.05, 0) is 56.8 Å². The molecule has 10 nitrogen and oxygen atoms in total. The van der Waals surface area contributed by atoms with Gasteiger partial charge in [0.2, 0.25) is 10.0 Å². The summed E-state index contributed by atoms with van der Waals surface area (Å²) in [6, 6.07) is 4.70. The first-order chi connectivity index (χ1) is 16.3. The summed E-state index contributed by atoms with van der Waals surface area (Å²) in [6.45, 7) is 5.69. The first kappa shape index (κ1) is 24.4. The predicted molar refractivity (Wildman–Crippen MR) is 130 cm³/mol. The number of hydrogen-bond acceptors (Lipinski definition) is 7. The number of fused-ring (bicyclic) bond motifs is 1. The van der Waals surface area contributed by atoms with E-state index in [0.29, 0.717) is 60.9 Å². The fourth-order valence-electron chi connectivity index (χ4n) is 4.45. The van der Waals surface area contributed by atoms with Crippen molar-refractivity contribution in [2.24, 2.45) is 18.7 Å². The van der Waals surface area contributed by atoms with Crippen LogP contribution in [-0.2, 0) is 23.5 Å². The van der Waals surface area contributed by atoms with Crippen LogP contribution in [0.3, 0.4) is 0 Å². The maximum absolute atomic E-state index is 13.4. The molecule has 3 aromatic rings. The van der Waals surface area contributed by atoms with Crippen LogP contribution in [-0.4, -0.2) is 58.7 Å². The maximum Gasteiger partial charge on any atom is 0.277 e. The molecule has 1 fully saturated rings. The van der Waals surface area contributed by atoms with Gasteiger partial charge in [0.15, 0.2) is 5.52 Å². The van der Waals surface area contributed by atoms with Crippen molar-refractivity contribution in [3.8, 4) is 17.1 Å². The molecule has 2 aromatic heterocycles. The number of hydrogen-bond donors (Lipinski definition) is 2. The highest BCUT2D eigenvalue weighted by atomic mass is 32.2. The number of benzene rings is 1. The Hall–Kier alpha value is -2.76. The summed E-state index contributed by atoms with van der Waals surface area (Å²) in [6.07, 6.45) is 3.02. The van der Waals surface area contributed by atoms with Crippen molar-refractivity contribution in [2.75, 3.05) is 26.2 Å². The molecule has 184 valence electrons. The number of nitrogens with two attached hydrogens (primary N) is 1. The summed E-state index contributed by atoms with van der Waals surface area (Å²) in [4.78, 5) is 20.6. The number of piperidine rings is 1. The van der Waals surface area contributed by atoms with Crippen molar-refractivity contribution in [2.45, 2.75) is 44.4 Å². The fraction of sp³-hybridized carbons (Fsp3) is 0.522. The molecule has 34 heavy (non-hydrogen) atoms. The van der Waals surface area contributed by atoms with Crippen LogP contribution in [0.5, 0.6) is 5.75 Å². The summed E-state index contributed by atoms with van der Waals surface area (Å²) < 4.78 is 35.6. The zero-order valence-electron chi connectivity index (χ0n) is 19.9. The monoisotopic (exact) mass is 488 g/mol. The number of rotatable bonds is 8. The van der Waals surface area contributed by atoms with Gasteiger partial charge in [-0.25, -0.2) is 13.4 Å². The molecule has 1 aromatic carbocycles. The molecule has 0 radical (unpaired) electrons. The summed E-state index contributed by atoms with van der Waals surface area (Å²) >= 11 is 0. The summed E-state index contributed by atoms with van der Waals surface area (Å²) in [5.74, 6) is 1.05. The minimum atomic E-state index is -3.72. The quantitative estimate of drug-likeness (QED) is 0.495. The van der Waals surface area contributed by atoms with E-state index in [1.807, 2.05) is 13.8 Å². The van der Waals surface area contributed by atoms with Crippen LogP contribution in [0.2, 0.25) is 0 Å². The van der Waals surface area contributed by atoms with Gasteiger partial charge in [-0.3, -0.25) is 9.48 Å². The van der Waals surface area contributed by atoms with Gasteiger partial charge < -0.3 is 15.5 Å². The largest absolute Gasteiger partial charge is 0.493 e. The molecule has 1 saturated heterocycles. The number of sulfonamides is 1. The highest BCUT2D eigenvalue weighted by Crippen LogP contribution is 2.33. The van der Waals surface area contributed by atoms with E-state index in [-0.39, 0.29) is 16.3 Å². The topological polar surface area (TPSA) is 136 Å². The first-order valence-electron chi connectivity index (χ1n) is 11.7. The Kier molecular flexibility index (Phi) is 7.06. The molecule has 0 bridgehead atoms. The zero-order chi connectivity index (χ0) is 24.5. The molecule has 3 N–H and O–H groups in total. The highest BCUT2D eigenvalue weighted by Gasteiger charge is 2.30. The molecular formula is C23H32N6O4S. The minimum Gasteiger partial charge on any atom is -0.493 e. The van der Waals surface area contributed by atoms with Gasteiger partial charge in [-0.2, -0.15) is 9.40 Å². The molecule has 0 amide bonds. The summed E-state index contributed by atoms with van der Waals surface area (Å²) in [5.41, 5.74) is 7.48. The Morgan fingerprint density at radius 2 is 1.97 bits per heavy atom. The predicted octanol–water partition coefficient (Wildman–Crippen LogP) is 2.03. The van der Waals surface area contributed by atoms with E-state index >= 15 is 0 Å². The van der Waals surface area contributed by atoms with E-state index in [9.17, 15) is 13.2 Å². The van der Waals surface area contributed by atoms with Crippen LogP contribution in [0, 0.1) is 5.92 Å². The van der Waals surface area contributed by atoms with E-state index in [2.05, 4.69) is 10.1 Å². The van der Waals surface area contributed by atoms with Crippen LogP contribution in [0.1, 0.15) is 38.8 Å². The SMILES string of the molecule is CCCc1nn(C)c2c(=O)[nH]c(-c3cc(S(=O)(=O)N4CCC(CN)CC4)ccc3OCC)nc12. The molecule has 0 atom stereocenters. The van der Waals surface area contributed by atoms with Crippen molar-refractivity contribution in [3.05, 3.63) is 34.2 Å². The average Bonchev–Trinajstić information content (AvgIpc) is 3.15. The molecule has 11 heteroatoms. The Balaban J connectivity index is 1.82. The Bertz CT molecular complexity index is 1340. The number of ether oxygens (including phenoxy) is 1. The van der Waals surface area contributed by atoms with Crippen molar-refractivity contribution < 1.29 is 13.2 Å². The van der Waals surface area contributed by atoms with Gasteiger partial charge in [0.05, 0.1) is 22.8 Å². The van der Waals surface area contributed by atoms with Gasteiger partial charge in [0.25, 0.3) is 5.56 Å². The number of H-pyrrole nitrogens is 1. The van der Waals surface area contributed by atoms with Crippen LogP contribution in [0.25, 0.3) is 22.4 Å². The molecule has 0 saturated carbocycles. The molecular weight excluding hydrogens is 456 g/mol. The number of aromatic nitrogens is 4. The highest BCUT2D eigenvalue weighted by molar-refractivity contribution is 7.89. The van der Waals surface area contributed by atoms with Crippen LogP contribution in [0.4, 0.5) is 0 Å². The van der Waals surface area contributed by atoms with E-state index in [1.165, 1.54) is 15.1 Å². The van der Waals surface area contributed by atoms with Crippen molar-refractivity contribution in [1.82, 2.24) is 24.1 Å². The molecule has 4 rings (SSSR count). The lowest BCUT2D eigenvalue weighted by atomic mass is 9.99. The molecule has 0 aliphatic carbocycles. The molecule has 1 aliphatic rings. The standard InChI is InChI=1S/C23H32N6O4S/c1-4-6-18-20-21(28(3)27-18)23(30)26-22(25-20)17-13-16(7-8-19(17)33-5-2)34(31,32)29-11-9-15(14-24)10-12-29/h7-8,13,15H,4-6,9-12,14,24H2,1-3H3,(H,25,26,30). The second-order valence-corrected chi connectivity index (χ2v) is 10.5. The summed E-state index contributed by atoms with van der Waals surface area (Å²) in [5, 5.41) is 4.46. The third-order valence-electron chi connectivity index (χ3n) is 6.30. The molecule has 0 spiro atoms. The van der Waals surface area contributed by atoms with Crippen molar-refractivity contribution >= 4 is 21.1 Å². The Morgan fingerprint density at radius 3 is 2.62 bits per heavy atom. The third kappa shape index (κ3) is 4.47. The van der Waals surface area contributed by atoms with Crippen LogP contribution < -0.4 is 16.0 Å². The summed E-state index contributed by atoms with van der Waals surface area (Å²) in [7, 11) is -2.01. The average molecular weight is 489 g/mol. The first-order valence-corrected chi connectivity index (χ1v) is 13.2. The van der Waals surface area contributed by atoms with E-state index in [0.717, 1.165) is 25.0 Å². The van der Waals surface area contributed by atoms with E-state index in [1.54, 1.807) is 19.2 Å². The second-order valence-electron chi connectivity index (χ2n) is 8.61. The number of aromatic amines is 1. The van der Waals surface area contributed by atoms with E-state index < -0.39 is 10.0 Å². The second kappa shape index (κ2) is 9.85. The van der Waals surface area contributed by atoms with Gasteiger partial charge in [-0.1, -0.05) is 13.3 Å². The molecule has 0 unspecified atom stereocenters. The van der Waals surface area contributed by atoms with E-state index in [4.69, 9.17) is 15.5 Å². The fourth-order valence-corrected chi connectivity index (χ4v) is 5.95. The lowest BCUT2D eigenvalue weighted by molar-refractivity contribution is 0.278. The minimum absolute atomic E-state index is 0.139.